The van der Waals surface area contributed by atoms with Gasteiger partial charge < -0.3 is 11.1 Å². The summed E-state index contributed by atoms with van der Waals surface area (Å²) in [6.07, 6.45) is 1.62. The van der Waals surface area contributed by atoms with Crippen LogP contribution in [-0.2, 0) is 17.8 Å². The molecular formula is C14H26N4O. The van der Waals surface area contributed by atoms with Gasteiger partial charge in [-0.15, -0.1) is 0 Å². The van der Waals surface area contributed by atoms with Crippen molar-refractivity contribution < 1.29 is 4.79 Å². The molecule has 1 aromatic rings. The highest BCUT2D eigenvalue weighted by molar-refractivity contribution is 5.84. The van der Waals surface area contributed by atoms with E-state index < -0.39 is 5.54 Å². The summed E-state index contributed by atoms with van der Waals surface area (Å²) >= 11 is 0. The van der Waals surface area contributed by atoms with Crippen LogP contribution in [0.15, 0.2) is 0 Å². The maximum atomic E-state index is 11.6. The Kier molecular flexibility index (Phi) is 5.11. The van der Waals surface area contributed by atoms with Gasteiger partial charge >= 0.3 is 0 Å². The molecule has 0 aliphatic carbocycles. The molecule has 1 rings (SSSR count). The number of hydrogen-bond acceptors (Lipinski definition) is 3. The Morgan fingerprint density at radius 1 is 1.42 bits per heavy atom. The fourth-order valence-corrected chi connectivity index (χ4v) is 2.48. The lowest BCUT2D eigenvalue weighted by Gasteiger charge is -2.27. The third-order valence-electron chi connectivity index (χ3n) is 3.82. The van der Waals surface area contributed by atoms with E-state index in [1.807, 2.05) is 25.5 Å². The van der Waals surface area contributed by atoms with Crippen molar-refractivity contribution >= 4 is 5.91 Å². The van der Waals surface area contributed by atoms with Gasteiger partial charge in [-0.1, -0.05) is 13.8 Å². The number of nitrogens with two attached hydrogens (primary N) is 1. The van der Waals surface area contributed by atoms with E-state index >= 15 is 0 Å². The summed E-state index contributed by atoms with van der Waals surface area (Å²) in [5, 5.41) is 7.71. The standard InChI is InChI=1S/C14H26N4O/c1-6-12-10(3)17-18(11(12)4)9-8-14(5,13(15)19)16-7-2/h16H,6-9H2,1-5H3,(H2,15,19). The molecule has 1 unspecified atom stereocenters. The van der Waals surface area contributed by atoms with Crippen molar-refractivity contribution in [1.29, 1.82) is 0 Å². The van der Waals surface area contributed by atoms with Crippen LogP contribution in [0.2, 0.25) is 0 Å². The molecule has 0 saturated heterocycles. The summed E-state index contributed by atoms with van der Waals surface area (Å²) in [6.45, 7) is 11.5. The first kappa shape index (κ1) is 15.7. The highest BCUT2D eigenvalue weighted by atomic mass is 16.1. The molecule has 0 aliphatic heterocycles. The Labute approximate surface area is 115 Å². The molecule has 108 valence electrons. The van der Waals surface area contributed by atoms with Crippen molar-refractivity contribution in [3.8, 4) is 0 Å². The van der Waals surface area contributed by atoms with E-state index in [2.05, 4.69) is 24.3 Å². The summed E-state index contributed by atoms with van der Waals surface area (Å²) in [5.41, 5.74) is 8.37. The van der Waals surface area contributed by atoms with Gasteiger partial charge in [-0.05, 0) is 45.7 Å². The normalized spacial score (nSPS) is 14.4. The smallest absolute Gasteiger partial charge is 0.237 e. The van der Waals surface area contributed by atoms with Crippen molar-refractivity contribution in [2.45, 2.75) is 59.5 Å². The van der Waals surface area contributed by atoms with Crippen molar-refractivity contribution in [3.63, 3.8) is 0 Å². The van der Waals surface area contributed by atoms with Crippen LogP contribution in [0, 0.1) is 13.8 Å². The minimum Gasteiger partial charge on any atom is -0.368 e. The third kappa shape index (κ3) is 3.35. The van der Waals surface area contributed by atoms with Gasteiger partial charge in [0.15, 0.2) is 0 Å². The molecule has 0 bridgehead atoms. The van der Waals surface area contributed by atoms with Gasteiger partial charge in [-0.2, -0.15) is 5.10 Å². The predicted molar refractivity (Wildman–Crippen MR) is 77.0 cm³/mol. The third-order valence-corrected chi connectivity index (χ3v) is 3.82. The minimum atomic E-state index is -0.673. The SMILES string of the molecule is CCNC(C)(CCn1nc(C)c(CC)c1C)C(N)=O. The Bertz CT molecular complexity index is 453. The molecule has 0 aliphatic rings. The number of carbonyl (C=O) groups excluding carboxylic acids is 1. The van der Waals surface area contributed by atoms with Crippen LogP contribution in [-0.4, -0.2) is 27.8 Å². The molecule has 1 aromatic heterocycles. The summed E-state index contributed by atoms with van der Waals surface area (Å²) in [5.74, 6) is -0.313. The van der Waals surface area contributed by atoms with Crippen LogP contribution < -0.4 is 11.1 Å². The lowest BCUT2D eigenvalue weighted by molar-refractivity contribution is -0.124. The maximum Gasteiger partial charge on any atom is 0.237 e. The zero-order chi connectivity index (χ0) is 14.6. The zero-order valence-electron chi connectivity index (χ0n) is 12.7. The number of likely N-dealkylation sites (N-methyl/N-ethyl adjacent to an activating group) is 1. The lowest BCUT2D eigenvalue weighted by Crippen LogP contribution is -2.53. The number of nitrogens with zero attached hydrogens (tertiary/aromatic N) is 2. The molecule has 0 spiro atoms. The van der Waals surface area contributed by atoms with E-state index in [1.165, 1.54) is 11.3 Å². The minimum absolute atomic E-state index is 0.313. The average Bonchev–Trinajstić information content (AvgIpc) is 2.61. The van der Waals surface area contributed by atoms with Crippen molar-refractivity contribution in [2.75, 3.05) is 6.54 Å². The second kappa shape index (κ2) is 6.19. The second-order valence-corrected chi connectivity index (χ2v) is 5.20. The molecule has 5 nitrogen and oxygen atoms in total. The quantitative estimate of drug-likeness (QED) is 0.781. The number of aromatic nitrogens is 2. The summed E-state index contributed by atoms with van der Waals surface area (Å²) in [7, 11) is 0. The van der Waals surface area contributed by atoms with Crippen LogP contribution in [0.25, 0.3) is 0 Å². The molecule has 19 heavy (non-hydrogen) atoms. The van der Waals surface area contributed by atoms with Crippen LogP contribution in [0.3, 0.4) is 0 Å². The number of nitrogens with one attached hydrogen (secondary N) is 1. The Hall–Kier alpha value is -1.36. The van der Waals surface area contributed by atoms with E-state index in [4.69, 9.17) is 5.73 Å². The van der Waals surface area contributed by atoms with Crippen LogP contribution >= 0.6 is 0 Å². The van der Waals surface area contributed by atoms with Gasteiger partial charge in [-0.25, -0.2) is 0 Å². The Balaban J connectivity index is 2.83. The number of aryl methyl sites for hydroxylation is 2. The van der Waals surface area contributed by atoms with Crippen molar-refractivity contribution in [2.24, 2.45) is 5.73 Å². The molecule has 1 heterocycles. The van der Waals surface area contributed by atoms with Crippen molar-refractivity contribution in [1.82, 2.24) is 15.1 Å². The Morgan fingerprint density at radius 3 is 2.47 bits per heavy atom. The van der Waals surface area contributed by atoms with Crippen LogP contribution in [0.5, 0.6) is 0 Å². The van der Waals surface area contributed by atoms with Crippen molar-refractivity contribution in [3.05, 3.63) is 17.0 Å². The van der Waals surface area contributed by atoms with E-state index in [0.29, 0.717) is 13.0 Å². The maximum absolute atomic E-state index is 11.6. The van der Waals surface area contributed by atoms with E-state index in [9.17, 15) is 4.79 Å². The molecule has 3 N–H and O–H groups in total. The second-order valence-electron chi connectivity index (χ2n) is 5.20. The highest BCUT2D eigenvalue weighted by Crippen LogP contribution is 2.16. The lowest BCUT2D eigenvalue weighted by atomic mass is 9.97. The summed E-state index contributed by atoms with van der Waals surface area (Å²) in [6, 6.07) is 0. The van der Waals surface area contributed by atoms with Crippen LogP contribution in [0.1, 0.15) is 44.1 Å². The number of rotatable bonds is 7. The van der Waals surface area contributed by atoms with Gasteiger partial charge in [-0.3, -0.25) is 9.48 Å². The topological polar surface area (TPSA) is 72.9 Å². The fourth-order valence-electron chi connectivity index (χ4n) is 2.48. The monoisotopic (exact) mass is 266 g/mol. The van der Waals surface area contributed by atoms with Crippen LogP contribution in [0.4, 0.5) is 0 Å². The number of hydrogen-bond donors (Lipinski definition) is 2. The van der Waals surface area contributed by atoms with E-state index in [-0.39, 0.29) is 5.91 Å². The molecule has 0 aromatic carbocycles. The highest BCUT2D eigenvalue weighted by Gasteiger charge is 2.29. The summed E-state index contributed by atoms with van der Waals surface area (Å²) < 4.78 is 1.98. The first-order valence-electron chi connectivity index (χ1n) is 6.93. The molecule has 5 heteroatoms. The van der Waals surface area contributed by atoms with Gasteiger partial charge in [0.1, 0.15) is 0 Å². The van der Waals surface area contributed by atoms with E-state index in [0.717, 1.165) is 18.7 Å². The average molecular weight is 266 g/mol. The molecule has 0 saturated carbocycles. The molecule has 1 amide bonds. The van der Waals surface area contributed by atoms with E-state index in [1.54, 1.807) is 0 Å². The number of amides is 1. The van der Waals surface area contributed by atoms with Gasteiger partial charge in [0.2, 0.25) is 5.91 Å². The van der Waals surface area contributed by atoms with Gasteiger partial charge in [0.05, 0.1) is 11.2 Å². The molecule has 1 atom stereocenters. The van der Waals surface area contributed by atoms with Gasteiger partial charge in [0, 0.05) is 12.2 Å². The molecule has 0 radical (unpaired) electrons. The predicted octanol–water partition coefficient (Wildman–Crippen LogP) is 1.31. The Morgan fingerprint density at radius 2 is 2.05 bits per heavy atom. The number of primary amides is 1. The zero-order valence-corrected chi connectivity index (χ0v) is 12.7. The largest absolute Gasteiger partial charge is 0.368 e. The first-order chi connectivity index (χ1) is 8.85. The fraction of sp³-hybridized carbons (Fsp3) is 0.714. The van der Waals surface area contributed by atoms with Gasteiger partial charge in [0.25, 0.3) is 0 Å². The summed E-state index contributed by atoms with van der Waals surface area (Å²) in [4.78, 5) is 11.6. The number of carbonyl (C=O) groups is 1. The first-order valence-corrected chi connectivity index (χ1v) is 6.93. The molecule has 0 fully saturated rings. The molecular weight excluding hydrogens is 240 g/mol.